The minimum absolute atomic E-state index is 0.0471. The zero-order chi connectivity index (χ0) is 11.6. The summed E-state index contributed by atoms with van der Waals surface area (Å²) in [6.07, 6.45) is 0. The molecule has 1 aromatic rings. The minimum Gasteiger partial charge on any atom is -0.198 e. The number of halogens is 1. The molecule has 0 saturated carbocycles. The molecular formula is C13H16ClN. The molecule has 0 saturated heterocycles. The van der Waals surface area contributed by atoms with Crippen LogP contribution in [0.5, 0.6) is 0 Å². The lowest BCUT2D eigenvalue weighted by molar-refractivity contribution is 0.590. The van der Waals surface area contributed by atoms with Gasteiger partial charge >= 0.3 is 0 Å². The Morgan fingerprint density at radius 1 is 1.33 bits per heavy atom. The number of rotatable bonds is 1. The topological polar surface area (TPSA) is 23.8 Å². The van der Waals surface area contributed by atoms with E-state index in [0.717, 1.165) is 16.1 Å². The Bertz CT molecular complexity index is 396. The summed E-state index contributed by atoms with van der Waals surface area (Å²) in [7, 11) is 0. The van der Waals surface area contributed by atoms with Crippen LogP contribution < -0.4 is 0 Å². The second-order valence-electron chi connectivity index (χ2n) is 4.84. The summed E-state index contributed by atoms with van der Waals surface area (Å²) in [6, 6.07) is 8.11. The first-order valence-electron chi connectivity index (χ1n) is 5.06. The molecule has 1 rings (SSSR count). The van der Waals surface area contributed by atoms with Crippen LogP contribution in [-0.2, 0) is 5.41 Å². The lowest BCUT2D eigenvalue weighted by Gasteiger charge is -2.21. The van der Waals surface area contributed by atoms with E-state index in [1.807, 2.05) is 25.1 Å². The number of hydrogen-bond acceptors (Lipinski definition) is 1. The van der Waals surface area contributed by atoms with Crippen LogP contribution in [0.15, 0.2) is 18.2 Å². The Hall–Kier alpha value is -1.00. The Kier molecular flexibility index (Phi) is 3.42. The highest BCUT2D eigenvalue weighted by molar-refractivity contribution is 6.31. The van der Waals surface area contributed by atoms with Crippen molar-refractivity contribution < 1.29 is 0 Å². The van der Waals surface area contributed by atoms with Crippen molar-refractivity contribution in [2.75, 3.05) is 0 Å². The molecule has 0 bridgehead atoms. The molecule has 0 aliphatic rings. The maximum absolute atomic E-state index is 8.82. The van der Waals surface area contributed by atoms with Gasteiger partial charge in [0.15, 0.2) is 0 Å². The lowest BCUT2D eigenvalue weighted by atomic mass is 9.85. The molecule has 0 aliphatic carbocycles. The van der Waals surface area contributed by atoms with Crippen molar-refractivity contribution >= 4 is 11.6 Å². The fourth-order valence-electron chi connectivity index (χ4n) is 1.48. The second kappa shape index (κ2) is 4.24. The Labute approximate surface area is 96.7 Å². The van der Waals surface area contributed by atoms with Crippen LogP contribution in [0.25, 0.3) is 0 Å². The monoisotopic (exact) mass is 221 g/mol. The summed E-state index contributed by atoms with van der Waals surface area (Å²) >= 11 is 6.21. The maximum Gasteiger partial charge on any atom is 0.0700 e. The molecule has 0 heterocycles. The third-order valence-corrected chi connectivity index (χ3v) is 2.81. The van der Waals surface area contributed by atoms with Gasteiger partial charge in [-0.3, -0.25) is 0 Å². The highest BCUT2D eigenvalue weighted by Crippen LogP contribution is 2.31. The average molecular weight is 222 g/mol. The predicted octanol–water partition coefficient (Wildman–Crippen LogP) is 4.26. The standard InChI is InChI=1S/C13H16ClN/c1-9(8-15)10-5-6-11(12(14)7-10)13(2,3)4/h5-7,9H,1-4H3. The fourth-order valence-corrected chi connectivity index (χ4v) is 1.96. The normalized spacial score (nSPS) is 13.3. The van der Waals surface area contributed by atoms with E-state index >= 15 is 0 Å². The van der Waals surface area contributed by atoms with E-state index in [1.165, 1.54) is 0 Å². The summed E-state index contributed by atoms with van der Waals surface area (Å²) in [4.78, 5) is 0. The molecular weight excluding hydrogens is 206 g/mol. The summed E-state index contributed by atoms with van der Waals surface area (Å²) in [5.74, 6) is -0.100. The van der Waals surface area contributed by atoms with E-state index in [0.29, 0.717) is 0 Å². The zero-order valence-corrected chi connectivity index (χ0v) is 10.4. The van der Waals surface area contributed by atoms with E-state index in [4.69, 9.17) is 16.9 Å². The van der Waals surface area contributed by atoms with Crippen molar-refractivity contribution in [2.45, 2.75) is 39.0 Å². The summed E-state index contributed by atoms with van der Waals surface area (Å²) < 4.78 is 0. The van der Waals surface area contributed by atoms with E-state index in [-0.39, 0.29) is 11.3 Å². The molecule has 0 spiro atoms. The van der Waals surface area contributed by atoms with Crippen LogP contribution in [0.4, 0.5) is 0 Å². The van der Waals surface area contributed by atoms with Crippen molar-refractivity contribution in [3.8, 4) is 6.07 Å². The summed E-state index contributed by atoms with van der Waals surface area (Å²) in [5, 5.41) is 9.57. The predicted molar refractivity (Wildman–Crippen MR) is 64.2 cm³/mol. The Balaban J connectivity index is 3.16. The van der Waals surface area contributed by atoms with Crippen molar-refractivity contribution in [2.24, 2.45) is 0 Å². The number of hydrogen-bond donors (Lipinski definition) is 0. The van der Waals surface area contributed by atoms with Crippen LogP contribution in [0.2, 0.25) is 5.02 Å². The van der Waals surface area contributed by atoms with Gasteiger partial charge in [0.05, 0.1) is 12.0 Å². The third-order valence-electron chi connectivity index (χ3n) is 2.49. The van der Waals surface area contributed by atoms with E-state index < -0.39 is 0 Å². The Morgan fingerprint density at radius 3 is 2.33 bits per heavy atom. The van der Waals surface area contributed by atoms with Gasteiger partial charge < -0.3 is 0 Å². The van der Waals surface area contributed by atoms with Gasteiger partial charge in [-0.05, 0) is 29.5 Å². The van der Waals surface area contributed by atoms with Crippen molar-refractivity contribution in [3.63, 3.8) is 0 Å². The van der Waals surface area contributed by atoms with Gasteiger partial charge in [0.25, 0.3) is 0 Å². The minimum atomic E-state index is -0.100. The largest absolute Gasteiger partial charge is 0.198 e. The molecule has 15 heavy (non-hydrogen) atoms. The molecule has 0 aliphatic heterocycles. The SMILES string of the molecule is CC(C#N)c1ccc(C(C)(C)C)c(Cl)c1. The Morgan fingerprint density at radius 2 is 1.93 bits per heavy atom. The molecule has 0 amide bonds. The van der Waals surface area contributed by atoms with Gasteiger partial charge in [0, 0.05) is 5.02 Å². The smallest absolute Gasteiger partial charge is 0.0700 e. The van der Waals surface area contributed by atoms with E-state index in [1.54, 1.807) is 0 Å². The van der Waals surface area contributed by atoms with Crippen molar-refractivity contribution in [1.82, 2.24) is 0 Å². The van der Waals surface area contributed by atoms with Crippen LogP contribution in [-0.4, -0.2) is 0 Å². The molecule has 2 heteroatoms. The van der Waals surface area contributed by atoms with Crippen LogP contribution >= 0.6 is 11.6 Å². The second-order valence-corrected chi connectivity index (χ2v) is 5.25. The number of nitriles is 1. The van der Waals surface area contributed by atoms with Gasteiger partial charge in [-0.15, -0.1) is 0 Å². The van der Waals surface area contributed by atoms with Gasteiger partial charge in [0.1, 0.15) is 0 Å². The van der Waals surface area contributed by atoms with Gasteiger partial charge in [-0.1, -0.05) is 44.5 Å². The molecule has 80 valence electrons. The van der Waals surface area contributed by atoms with Crippen LogP contribution in [0.3, 0.4) is 0 Å². The number of nitrogens with zero attached hydrogens (tertiary/aromatic N) is 1. The molecule has 0 radical (unpaired) electrons. The summed E-state index contributed by atoms with van der Waals surface area (Å²) in [5.41, 5.74) is 2.15. The lowest BCUT2D eigenvalue weighted by Crippen LogP contribution is -2.12. The molecule has 0 fully saturated rings. The van der Waals surface area contributed by atoms with Crippen LogP contribution in [0, 0.1) is 11.3 Å². The first-order chi connectivity index (χ1) is 6.86. The summed E-state index contributed by atoms with van der Waals surface area (Å²) in [6.45, 7) is 8.26. The van der Waals surface area contributed by atoms with Gasteiger partial charge in [-0.2, -0.15) is 5.26 Å². The quantitative estimate of drug-likeness (QED) is 0.695. The highest BCUT2D eigenvalue weighted by Gasteiger charge is 2.18. The average Bonchev–Trinajstić information content (AvgIpc) is 2.14. The van der Waals surface area contributed by atoms with Gasteiger partial charge in [-0.25, -0.2) is 0 Å². The van der Waals surface area contributed by atoms with Gasteiger partial charge in [0.2, 0.25) is 0 Å². The third kappa shape index (κ3) is 2.73. The first-order valence-corrected chi connectivity index (χ1v) is 5.43. The van der Waals surface area contributed by atoms with Crippen LogP contribution in [0.1, 0.15) is 44.7 Å². The van der Waals surface area contributed by atoms with E-state index in [9.17, 15) is 0 Å². The molecule has 1 atom stereocenters. The first kappa shape index (κ1) is 12.1. The number of benzene rings is 1. The molecule has 1 unspecified atom stereocenters. The fraction of sp³-hybridized carbons (Fsp3) is 0.462. The van der Waals surface area contributed by atoms with E-state index in [2.05, 4.69) is 26.8 Å². The zero-order valence-electron chi connectivity index (χ0n) is 9.63. The van der Waals surface area contributed by atoms with Crippen molar-refractivity contribution in [3.05, 3.63) is 34.3 Å². The highest BCUT2D eigenvalue weighted by atomic mass is 35.5. The molecule has 0 N–H and O–H groups in total. The molecule has 1 aromatic carbocycles. The molecule has 0 aromatic heterocycles. The molecule has 1 nitrogen and oxygen atoms in total. The van der Waals surface area contributed by atoms with Crippen molar-refractivity contribution in [1.29, 1.82) is 5.26 Å². The maximum atomic E-state index is 8.82.